The van der Waals surface area contributed by atoms with E-state index in [0.29, 0.717) is 23.6 Å². The van der Waals surface area contributed by atoms with Crippen LogP contribution in [0.15, 0.2) is 42.5 Å². The number of benzene rings is 2. The zero-order chi connectivity index (χ0) is 19.4. The topological polar surface area (TPSA) is 66.8 Å². The lowest BCUT2D eigenvalue weighted by molar-refractivity contribution is -0.138. The molecule has 3 rings (SSSR count). The number of carboxylic acid groups (broad SMARTS) is 1. The van der Waals surface area contributed by atoms with Gasteiger partial charge in [-0.2, -0.15) is 11.8 Å². The SMILES string of the molecule is O=C(O)CC1CSCCN1C(=O)c1ccc(Oc2ccc(F)c(F)c2)cc1. The highest BCUT2D eigenvalue weighted by Gasteiger charge is 2.29. The van der Waals surface area contributed by atoms with Crippen molar-refractivity contribution in [1.29, 1.82) is 0 Å². The van der Waals surface area contributed by atoms with Crippen molar-refractivity contribution in [2.75, 3.05) is 18.1 Å². The monoisotopic (exact) mass is 393 g/mol. The third-order valence-electron chi connectivity index (χ3n) is 4.13. The number of carboxylic acids is 1. The molecular weight excluding hydrogens is 376 g/mol. The van der Waals surface area contributed by atoms with E-state index in [4.69, 9.17) is 9.84 Å². The fourth-order valence-corrected chi connectivity index (χ4v) is 3.86. The van der Waals surface area contributed by atoms with Crippen LogP contribution in [0.5, 0.6) is 11.5 Å². The van der Waals surface area contributed by atoms with Crippen molar-refractivity contribution in [1.82, 2.24) is 4.90 Å². The van der Waals surface area contributed by atoms with Crippen LogP contribution in [0.1, 0.15) is 16.8 Å². The van der Waals surface area contributed by atoms with Crippen LogP contribution < -0.4 is 4.74 Å². The maximum absolute atomic E-state index is 13.2. The predicted octanol–water partition coefficient (Wildman–Crippen LogP) is 3.79. The number of rotatable bonds is 5. The summed E-state index contributed by atoms with van der Waals surface area (Å²) in [6.45, 7) is 0.495. The van der Waals surface area contributed by atoms with Crippen molar-refractivity contribution >= 4 is 23.6 Å². The minimum atomic E-state index is -1.01. The molecule has 0 radical (unpaired) electrons. The average molecular weight is 393 g/mol. The fourth-order valence-electron chi connectivity index (χ4n) is 2.80. The molecule has 0 bridgehead atoms. The Bertz CT molecular complexity index is 844. The first-order chi connectivity index (χ1) is 12.9. The number of carbonyl (C=O) groups is 2. The summed E-state index contributed by atoms with van der Waals surface area (Å²) in [6.07, 6.45) is -0.0872. The second-order valence-corrected chi connectivity index (χ2v) is 7.18. The van der Waals surface area contributed by atoms with Crippen molar-refractivity contribution in [2.45, 2.75) is 12.5 Å². The molecule has 0 saturated carbocycles. The molecule has 1 aliphatic rings. The molecule has 1 N–H and O–H groups in total. The molecule has 2 aromatic carbocycles. The Morgan fingerprint density at radius 1 is 1.11 bits per heavy atom. The maximum atomic E-state index is 13.2. The van der Waals surface area contributed by atoms with E-state index in [0.717, 1.165) is 17.9 Å². The molecule has 5 nitrogen and oxygen atoms in total. The number of hydrogen-bond donors (Lipinski definition) is 1. The van der Waals surface area contributed by atoms with Gasteiger partial charge in [-0.15, -0.1) is 0 Å². The molecule has 1 amide bonds. The van der Waals surface area contributed by atoms with Crippen molar-refractivity contribution in [3.05, 3.63) is 59.7 Å². The number of thioether (sulfide) groups is 1. The van der Waals surface area contributed by atoms with Crippen LogP contribution in [0, 0.1) is 11.6 Å². The number of hydrogen-bond acceptors (Lipinski definition) is 4. The molecule has 1 fully saturated rings. The zero-order valence-corrected chi connectivity index (χ0v) is 15.0. The molecule has 27 heavy (non-hydrogen) atoms. The van der Waals surface area contributed by atoms with Gasteiger partial charge in [-0.1, -0.05) is 0 Å². The summed E-state index contributed by atoms with van der Waals surface area (Å²) >= 11 is 1.63. The van der Waals surface area contributed by atoms with Gasteiger partial charge in [0.2, 0.25) is 0 Å². The van der Waals surface area contributed by atoms with E-state index >= 15 is 0 Å². The molecule has 0 aliphatic carbocycles. The van der Waals surface area contributed by atoms with Crippen LogP contribution in [-0.4, -0.2) is 46.0 Å². The minimum absolute atomic E-state index is 0.0872. The number of ether oxygens (including phenoxy) is 1. The molecule has 2 aromatic rings. The summed E-state index contributed by atoms with van der Waals surface area (Å²) in [7, 11) is 0. The zero-order valence-electron chi connectivity index (χ0n) is 14.2. The largest absolute Gasteiger partial charge is 0.481 e. The smallest absolute Gasteiger partial charge is 0.305 e. The van der Waals surface area contributed by atoms with Gasteiger partial charge in [-0.05, 0) is 36.4 Å². The number of halogens is 2. The van der Waals surface area contributed by atoms with Crippen LogP contribution >= 0.6 is 11.8 Å². The van der Waals surface area contributed by atoms with E-state index in [1.807, 2.05) is 0 Å². The van der Waals surface area contributed by atoms with Gasteiger partial charge in [-0.3, -0.25) is 9.59 Å². The molecule has 1 atom stereocenters. The molecule has 0 spiro atoms. The maximum Gasteiger partial charge on any atom is 0.305 e. The van der Waals surface area contributed by atoms with E-state index < -0.39 is 17.6 Å². The third-order valence-corrected chi connectivity index (χ3v) is 5.22. The number of nitrogens with zero attached hydrogens (tertiary/aromatic N) is 1. The van der Waals surface area contributed by atoms with Crippen molar-refractivity contribution in [2.24, 2.45) is 0 Å². The molecule has 142 valence electrons. The number of aliphatic carboxylic acids is 1. The summed E-state index contributed by atoms with van der Waals surface area (Å²) in [4.78, 5) is 25.3. The van der Waals surface area contributed by atoms with E-state index in [1.165, 1.54) is 6.07 Å². The first-order valence-corrected chi connectivity index (χ1v) is 9.43. The quantitative estimate of drug-likeness (QED) is 0.837. The first-order valence-electron chi connectivity index (χ1n) is 8.27. The van der Waals surface area contributed by atoms with Crippen LogP contribution in [0.3, 0.4) is 0 Å². The summed E-state index contributed by atoms with van der Waals surface area (Å²) in [5.74, 6) is -1.27. The average Bonchev–Trinajstić information content (AvgIpc) is 2.65. The molecule has 1 saturated heterocycles. The Balaban J connectivity index is 1.70. The third kappa shape index (κ3) is 4.77. The Kier molecular flexibility index (Phi) is 5.95. The second kappa shape index (κ2) is 8.39. The van der Waals surface area contributed by atoms with Crippen LogP contribution in [0.25, 0.3) is 0 Å². The Hall–Kier alpha value is -2.61. The standard InChI is InChI=1S/C19H17F2NO4S/c20-16-6-5-15(10-17(16)21)26-14-3-1-12(2-4-14)19(25)22-7-8-27-11-13(22)9-18(23)24/h1-6,10,13H,7-9,11H2,(H,23,24). The summed E-state index contributed by atoms with van der Waals surface area (Å²) < 4.78 is 31.6. The summed E-state index contributed by atoms with van der Waals surface area (Å²) in [6, 6.07) is 9.12. The predicted molar refractivity (Wildman–Crippen MR) is 97.3 cm³/mol. The Labute approximate surface area is 158 Å². The molecule has 1 aliphatic heterocycles. The molecule has 0 aromatic heterocycles. The van der Waals surface area contributed by atoms with Crippen molar-refractivity contribution in [3.63, 3.8) is 0 Å². The lowest BCUT2D eigenvalue weighted by Gasteiger charge is -2.34. The van der Waals surface area contributed by atoms with Crippen molar-refractivity contribution < 1.29 is 28.2 Å². The molecule has 8 heteroatoms. The highest BCUT2D eigenvalue weighted by molar-refractivity contribution is 7.99. The number of amides is 1. The van der Waals surface area contributed by atoms with Gasteiger partial charge in [0.05, 0.1) is 12.5 Å². The van der Waals surface area contributed by atoms with E-state index in [-0.39, 0.29) is 24.1 Å². The lowest BCUT2D eigenvalue weighted by atomic mass is 10.1. The van der Waals surface area contributed by atoms with Gasteiger partial charge in [0.15, 0.2) is 11.6 Å². The van der Waals surface area contributed by atoms with E-state index in [2.05, 4.69) is 0 Å². The van der Waals surface area contributed by atoms with Gasteiger partial charge >= 0.3 is 5.97 Å². The van der Waals surface area contributed by atoms with Gasteiger partial charge < -0.3 is 14.7 Å². The molecular formula is C19H17F2NO4S. The second-order valence-electron chi connectivity index (χ2n) is 6.03. The summed E-state index contributed by atoms with van der Waals surface area (Å²) in [5.41, 5.74) is 0.412. The van der Waals surface area contributed by atoms with E-state index in [1.54, 1.807) is 40.9 Å². The van der Waals surface area contributed by atoms with E-state index in [9.17, 15) is 18.4 Å². The number of carbonyl (C=O) groups excluding carboxylic acids is 1. The highest BCUT2D eigenvalue weighted by atomic mass is 32.2. The normalized spacial score (nSPS) is 16.8. The Morgan fingerprint density at radius 3 is 2.48 bits per heavy atom. The van der Waals surface area contributed by atoms with Gasteiger partial charge in [-0.25, -0.2) is 8.78 Å². The van der Waals surface area contributed by atoms with Crippen LogP contribution in [0.2, 0.25) is 0 Å². The van der Waals surface area contributed by atoms with Gasteiger partial charge in [0.25, 0.3) is 5.91 Å². The molecule has 1 heterocycles. The van der Waals surface area contributed by atoms with Crippen LogP contribution in [-0.2, 0) is 4.79 Å². The molecule has 1 unspecified atom stereocenters. The first kappa shape index (κ1) is 19.2. The highest BCUT2D eigenvalue weighted by Crippen LogP contribution is 2.25. The van der Waals surface area contributed by atoms with Gasteiger partial charge in [0.1, 0.15) is 11.5 Å². The van der Waals surface area contributed by atoms with Crippen molar-refractivity contribution in [3.8, 4) is 11.5 Å². The lowest BCUT2D eigenvalue weighted by Crippen LogP contribution is -2.47. The minimum Gasteiger partial charge on any atom is -0.481 e. The fraction of sp³-hybridized carbons (Fsp3) is 0.263. The summed E-state index contributed by atoms with van der Waals surface area (Å²) in [5, 5.41) is 9.04. The Morgan fingerprint density at radius 2 is 1.81 bits per heavy atom. The van der Waals surface area contributed by atoms with Gasteiger partial charge in [0, 0.05) is 29.7 Å². The van der Waals surface area contributed by atoms with Crippen LogP contribution in [0.4, 0.5) is 8.78 Å².